The number of rotatable bonds is 9. The monoisotopic (exact) mass is 469 g/mol. The highest BCUT2D eigenvalue weighted by Crippen LogP contribution is 2.29. The molecule has 1 fully saturated rings. The van der Waals surface area contributed by atoms with E-state index < -0.39 is 0 Å². The summed E-state index contributed by atoms with van der Waals surface area (Å²) in [5, 5.41) is -0.0138. The molecule has 1 aromatic carbocycles. The van der Waals surface area contributed by atoms with Gasteiger partial charge in [0.05, 0.1) is 18.1 Å². The molecule has 1 aliphatic heterocycles. The fourth-order valence-electron chi connectivity index (χ4n) is 4.60. The van der Waals surface area contributed by atoms with Gasteiger partial charge in [0.1, 0.15) is 5.75 Å². The normalized spacial score (nSPS) is 16.1. The van der Waals surface area contributed by atoms with Crippen molar-refractivity contribution < 1.29 is 9.53 Å². The summed E-state index contributed by atoms with van der Waals surface area (Å²) in [6.45, 7) is 11.2. The summed E-state index contributed by atoms with van der Waals surface area (Å²) in [5.74, 6) is 2.38. The fraction of sp³-hybridized carbons (Fsp3) is 0.556. The van der Waals surface area contributed by atoms with E-state index in [1.54, 1.807) is 18.9 Å². The van der Waals surface area contributed by atoms with Crippen molar-refractivity contribution in [2.24, 2.45) is 5.92 Å². The van der Waals surface area contributed by atoms with Gasteiger partial charge in [0.15, 0.2) is 0 Å². The quantitative estimate of drug-likeness (QED) is 0.512. The summed E-state index contributed by atoms with van der Waals surface area (Å²) in [6.07, 6.45) is 3.90. The maximum Gasteiger partial charge on any atom is 0.235 e. The summed E-state index contributed by atoms with van der Waals surface area (Å²) >= 11 is 1.77. The van der Waals surface area contributed by atoms with Crippen molar-refractivity contribution in [3.05, 3.63) is 58.9 Å². The van der Waals surface area contributed by atoms with Gasteiger partial charge in [-0.2, -0.15) is 0 Å². The lowest BCUT2D eigenvalue weighted by atomic mass is 10.0. The van der Waals surface area contributed by atoms with Crippen LogP contribution in [0.25, 0.3) is 0 Å². The van der Waals surface area contributed by atoms with Crippen LogP contribution in [0.5, 0.6) is 5.75 Å². The number of nitrogens with zero attached hydrogens (tertiary/aromatic N) is 3. The largest absolute Gasteiger partial charge is 0.496 e. The van der Waals surface area contributed by atoms with Gasteiger partial charge in [-0.25, -0.2) is 0 Å². The van der Waals surface area contributed by atoms with Gasteiger partial charge in [0.2, 0.25) is 5.91 Å². The van der Waals surface area contributed by atoms with Crippen LogP contribution >= 0.6 is 11.8 Å². The van der Waals surface area contributed by atoms with Crippen LogP contribution in [0.3, 0.4) is 0 Å². The lowest BCUT2D eigenvalue weighted by Gasteiger charge is -2.38. The molecule has 0 radical (unpaired) electrons. The number of ether oxygens (including phenoxy) is 1. The first kappa shape index (κ1) is 25.6. The molecule has 0 saturated carbocycles. The number of aryl methyl sites for hydroxylation is 1. The molecule has 0 bridgehead atoms. The molecule has 1 saturated heterocycles. The zero-order valence-corrected chi connectivity index (χ0v) is 21.8. The number of hydrogen-bond acceptors (Lipinski definition) is 5. The van der Waals surface area contributed by atoms with Gasteiger partial charge in [-0.1, -0.05) is 44.2 Å². The van der Waals surface area contributed by atoms with Gasteiger partial charge in [0.25, 0.3) is 0 Å². The Bertz CT molecular complexity index is 911. The van der Waals surface area contributed by atoms with E-state index in [-0.39, 0.29) is 11.2 Å². The zero-order valence-electron chi connectivity index (χ0n) is 21.0. The standard InChI is InChI=1S/C27H39N3O2S/c1-19(2)26(33-18-22-10-8-7-9-11-22)27(31)29(5)23-12-14-30(15-13-23)17-24-21(4)25(32-6)20(3)16-28-24/h7-11,16,19,23,26H,12-15,17-18H2,1-6H3. The van der Waals surface area contributed by atoms with Crippen LogP contribution in [0.15, 0.2) is 36.5 Å². The van der Waals surface area contributed by atoms with E-state index in [1.807, 2.05) is 31.1 Å². The minimum Gasteiger partial charge on any atom is -0.496 e. The molecule has 0 spiro atoms. The topological polar surface area (TPSA) is 45.7 Å². The SMILES string of the molecule is COc1c(C)cnc(CN2CCC(N(C)C(=O)C(SCc3ccccc3)C(C)C)CC2)c1C. The predicted molar refractivity (Wildman–Crippen MR) is 138 cm³/mol. The van der Waals surface area contributed by atoms with Crippen molar-refractivity contribution in [2.75, 3.05) is 27.2 Å². The molecule has 1 atom stereocenters. The van der Waals surface area contributed by atoms with Crippen LogP contribution in [-0.2, 0) is 17.1 Å². The smallest absolute Gasteiger partial charge is 0.235 e. The molecule has 1 amide bonds. The van der Waals surface area contributed by atoms with E-state index in [4.69, 9.17) is 4.74 Å². The van der Waals surface area contributed by atoms with Gasteiger partial charge in [-0.15, -0.1) is 11.8 Å². The fourth-order valence-corrected chi connectivity index (χ4v) is 5.86. The highest BCUT2D eigenvalue weighted by atomic mass is 32.2. The molecule has 5 nitrogen and oxygen atoms in total. The number of pyridine rings is 1. The number of benzene rings is 1. The molecule has 1 aliphatic rings. The van der Waals surface area contributed by atoms with Crippen molar-refractivity contribution >= 4 is 17.7 Å². The summed E-state index contributed by atoms with van der Waals surface area (Å²) in [4.78, 5) is 22.5. The van der Waals surface area contributed by atoms with Crippen LogP contribution < -0.4 is 4.74 Å². The van der Waals surface area contributed by atoms with Crippen LogP contribution in [0.4, 0.5) is 0 Å². The van der Waals surface area contributed by atoms with E-state index in [9.17, 15) is 4.79 Å². The number of amides is 1. The highest BCUT2D eigenvalue weighted by Gasteiger charge is 2.31. The Kier molecular flexibility index (Phi) is 9.21. The Morgan fingerprint density at radius 2 is 1.88 bits per heavy atom. The highest BCUT2D eigenvalue weighted by molar-refractivity contribution is 7.99. The average Bonchev–Trinajstić information content (AvgIpc) is 2.82. The first-order valence-corrected chi connectivity index (χ1v) is 13.0. The minimum absolute atomic E-state index is 0.0138. The van der Waals surface area contributed by atoms with Crippen molar-refractivity contribution in [1.82, 2.24) is 14.8 Å². The van der Waals surface area contributed by atoms with Gasteiger partial charge in [-0.05, 0) is 38.2 Å². The lowest BCUT2D eigenvalue weighted by molar-refractivity contribution is -0.133. The average molecular weight is 470 g/mol. The Morgan fingerprint density at radius 1 is 1.21 bits per heavy atom. The molecule has 180 valence electrons. The third-order valence-corrected chi connectivity index (χ3v) is 8.30. The molecular weight excluding hydrogens is 430 g/mol. The van der Waals surface area contributed by atoms with Crippen LogP contribution in [0.1, 0.15) is 49.1 Å². The first-order chi connectivity index (χ1) is 15.8. The Balaban J connectivity index is 1.55. The Hall–Kier alpha value is -2.05. The number of carbonyl (C=O) groups excluding carboxylic acids is 1. The number of aromatic nitrogens is 1. The van der Waals surface area contributed by atoms with Crippen LogP contribution in [0.2, 0.25) is 0 Å². The molecule has 1 unspecified atom stereocenters. The van der Waals surface area contributed by atoms with Crippen LogP contribution in [-0.4, -0.2) is 59.2 Å². The van der Waals surface area contributed by atoms with E-state index in [0.717, 1.165) is 60.8 Å². The Labute approximate surface area is 203 Å². The minimum atomic E-state index is -0.0138. The Morgan fingerprint density at radius 3 is 2.48 bits per heavy atom. The summed E-state index contributed by atoms with van der Waals surface area (Å²) < 4.78 is 5.57. The second-order valence-corrected chi connectivity index (χ2v) is 10.6. The molecule has 0 aliphatic carbocycles. The molecular formula is C27H39N3O2S. The third-order valence-electron chi connectivity index (χ3n) is 6.70. The second-order valence-electron chi connectivity index (χ2n) is 9.46. The number of piperidine rings is 1. The number of likely N-dealkylation sites (tertiary alicyclic amines) is 1. The van der Waals surface area contributed by atoms with E-state index in [2.05, 4.69) is 54.9 Å². The number of thioether (sulfide) groups is 1. The maximum absolute atomic E-state index is 13.4. The summed E-state index contributed by atoms with van der Waals surface area (Å²) in [6, 6.07) is 10.7. The second kappa shape index (κ2) is 11.9. The number of hydrogen-bond donors (Lipinski definition) is 0. The van der Waals surface area contributed by atoms with Crippen molar-refractivity contribution in [2.45, 2.75) is 64.1 Å². The van der Waals surface area contributed by atoms with Gasteiger partial charge >= 0.3 is 0 Å². The van der Waals surface area contributed by atoms with Crippen molar-refractivity contribution in [3.63, 3.8) is 0 Å². The van der Waals surface area contributed by atoms with E-state index in [1.165, 1.54) is 5.56 Å². The number of methoxy groups -OCH3 is 1. The maximum atomic E-state index is 13.4. The molecule has 2 heterocycles. The molecule has 2 aromatic rings. The van der Waals surface area contributed by atoms with Gasteiger partial charge < -0.3 is 9.64 Å². The van der Waals surface area contributed by atoms with E-state index in [0.29, 0.717) is 12.0 Å². The predicted octanol–water partition coefficient (Wildman–Crippen LogP) is 5.09. The van der Waals surface area contributed by atoms with Gasteiger partial charge in [0, 0.05) is 55.8 Å². The summed E-state index contributed by atoms with van der Waals surface area (Å²) in [5.41, 5.74) is 4.55. The molecule has 6 heteroatoms. The van der Waals surface area contributed by atoms with E-state index >= 15 is 0 Å². The van der Waals surface area contributed by atoms with Crippen molar-refractivity contribution in [1.29, 1.82) is 0 Å². The third kappa shape index (κ3) is 6.51. The van der Waals surface area contributed by atoms with Crippen molar-refractivity contribution in [3.8, 4) is 5.75 Å². The zero-order chi connectivity index (χ0) is 24.0. The molecule has 1 aromatic heterocycles. The van der Waals surface area contributed by atoms with Crippen LogP contribution in [0, 0.1) is 19.8 Å². The first-order valence-electron chi connectivity index (χ1n) is 12.0. The van der Waals surface area contributed by atoms with Gasteiger partial charge in [-0.3, -0.25) is 14.7 Å². The molecule has 33 heavy (non-hydrogen) atoms. The number of carbonyl (C=O) groups is 1. The summed E-state index contributed by atoms with van der Waals surface area (Å²) in [7, 11) is 3.72. The lowest BCUT2D eigenvalue weighted by Crippen LogP contribution is -2.48. The molecule has 0 N–H and O–H groups in total. The molecule has 3 rings (SSSR count).